The standard InChI is InChI=1S/C22H24Cl2N4O/c1-15(22-25-14-26-27-22)28-9-5-8-20(21(28)17-6-3-2-4-7-17)29-13-16-10-18(23)12-19(24)11-16/h2-4,6-7,10-12,14-15,20-21H,5,8-9,13H2,1H3,(H,25,26,27)/t15-,20?,21?/m0/s1. The van der Waals surface area contributed by atoms with Crippen LogP contribution in [0.15, 0.2) is 54.9 Å². The number of piperidine rings is 1. The predicted octanol–water partition coefficient (Wildman–Crippen LogP) is 5.60. The maximum atomic E-state index is 6.44. The Bertz CT molecular complexity index is 900. The van der Waals surface area contributed by atoms with Crippen LogP contribution in [-0.4, -0.2) is 32.7 Å². The normalized spacial score (nSPS) is 21.2. The predicted molar refractivity (Wildman–Crippen MR) is 115 cm³/mol. The average molecular weight is 431 g/mol. The van der Waals surface area contributed by atoms with E-state index in [1.54, 1.807) is 12.4 Å². The second-order valence-electron chi connectivity index (χ2n) is 7.41. The van der Waals surface area contributed by atoms with E-state index in [1.165, 1.54) is 5.56 Å². The minimum atomic E-state index is 0.0503. The number of ether oxygens (including phenoxy) is 1. The van der Waals surface area contributed by atoms with E-state index in [9.17, 15) is 0 Å². The zero-order valence-corrected chi connectivity index (χ0v) is 17.8. The van der Waals surface area contributed by atoms with E-state index in [-0.39, 0.29) is 18.2 Å². The van der Waals surface area contributed by atoms with Gasteiger partial charge in [-0.1, -0.05) is 53.5 Å². The van der Waals surface area contributed by atoms with Crippen LogP contribution in [0.3, 0.4) is 0 Å². The zero-order chi connectivity index (χ0) is 20.2. The first kappa shape index (κ1) is 20.4. The molecule has 1 aliphatic rings. The van der Waals surface area contributed by atoms with Gasteiger partial charge in [0, 0.05) is 10.0 Å². The number of rotatable bonds is 6. The Morgan fingerprint density at radius 2 is 1.93 bits per heavy atom. The van der Waals surface area contributed by atoms with Gasteiger partial charge in [-0.25, -0.2) is 4.98 Å². The Balaban J connectivity index is 1.59. The van der Waals surface area contributed by atoms with Gasteiger partial charge in [0.1, 0.15) is 12.2 Å². The molecule has 1 N–H and O–H groups in total. The first-order valence-electron chi connectivity index (χ1n) is 9.84. The number of likely N-dealkylation sites (tertiary alicyclic amines) is 1. The highest BCUT2D eigenvalue weighted by atomic mass is 35.5. The molecule has 0 radical (unpaired) electrons. The number of aromatic amines is 1. The van der Waals surface area contributed by atoms with Crippen LogP contribution in [0.25, 0.3) is 0 Å². The molecule has 152 valence electrons. The topological polar surface area (TPSA) is 54.0 Å². The second-order valence-corrected chi connectivity index (χ2v) is 8.28. The van der Waals surface area contributed by atoms with Crippen molar-refractivity contribution in [3.63, 3.8) is 0 Å². The minimum absolute atomic E-state index is 0.0503. The Hall–Kier alpha value is -1.92. The van der Waals surface area contributed by atoms with E-state index >= 15 is 0 Å². The Morgan fingerprint density at radius 1 is 1.17 bits per heavy atom. The van der Waals surface area contributed by atoms with Crippen LogP contribution in [-0.2, 0) is 11.3 Å². The lowest BCUT2D eigenvalue weighted by Gasteiger charge is -2.44. The van der Waals surface area contributed by atoms with Gasteiger partial charge in [-0.2, -0.15) is 5.10 Å². The van der Waals surface area contributed by atoms with Crippen LogP contribution < -0.4 is 0 Å². The summed E-state index contributed by atoms with van der Waals surface area (Å²) < 4.78 is 6.44. The molecule has 29 heavy (non-hydrogen) atoms. The molecule has 2 heterocycles. The van der Waals surface area contributed by atoms with E-state index in [1.807, 2.05) is 18.2 Å². The summed E-state index contributed by atoms with van der Waals surface area (Å²) in [5.41, 5.74) is 2.22. The van der Waals surface area contributed by atoms with Crippen molar-refractivity contribution in [2.75, 3.05) is 6.54 Å². The summed E-state index contributed by atoms with van der Waals surface area (Å²) in [5, 5.41) is 8.30. The largest absolute Gasteiger partial charge is 0.372 e. The SMILES string of the molecule is C[C@@H](c1ncn[nH]1)N1CCCC(OCc2cc(Cl)cc(Cl)c2)C1c1ccccc1. The highest BCUT2D eigenvalue weighted by Crippen LogP contribution is 2.38. The molecule has 2 unspecified atom stereocenters. The molecule has 3 aromatic rings. The van der Waals surface area contributed by atoms with E-state index in [4.69, 9.17) is 27.9 Å². The van der Waals surface area contributed by atoms with Crippen molar-refractivity contribution in [2.24, 2.45) is 0 Å². The van der Waals surface area contributed by atoms with Crippen LogP contribution in [0.2, 0.25) is 10.0 Å². The number of halogens is 2. The number of aromatic nitrogens is 3. The minimum Gasteiger partial charge on any atom is -0.372 e. The summed E-state index contributed by atoms with van der Waals surface area (Å²) in [6, 6.07) is 16.3. The van der Waals surface area contributed by atoms with Crippen molar-refractivity contribution >= 4 is 23.2 Å². The highest BCUT2D eigenvalue weighted by Gasteiger charge is 2.37. The van der Waals surface area contributed by atoms with Gasteiger partial charge in [0.05, 0.1) is 24.8 Å². The summed E-state index contributed by atoms with van der Waals surface area (Å²) in [6.45, 7) is 3.61. The molecule has 1 fully saturated rings. The molecule has 5 nitrogen and oxygen atoms in total. The molecule has 0 aliphatic carbocycles. The molecular weight excluding hydrogens is 407 g/mol. The van der Waals surface area contributed by atoms with Gasteiger partial charge in [-0.3, -0.25) is 10.00 Å². The first-order valence-corrected chi connectivity index (χ1v) is 10.6. The molecule has 1 aliphatic heterocycles. The molecule has 4 rings (SSSR count). The van der Waals surface area contributed by atoms with Gasteiger partial charge in [0.15, 0.2) is 0 Å². The monoisotopic (exact) mass is 430 g/mol. The van der Waals surface area contributed by atoms with Gasteiger partial charge in [0.25, 0.3) is 0 Å². The molecule has 7 heteroatoms. The van der Waals surface area contributed by atoms with Crippen molar-refractivity contribution in [1.29, 1.82) is 0 Å². The number of nitrogens with one attached hydrogen (secondary N) is 1. The number of benzene rings is 2. The number of hydrogen-bond donors (Lipinski definition) is 1. The molecule has 1 saturated heterocycles. The maximum Gasteiger partial charge on any atom is 0.141 e. The zero-order valence-electron chi connectivity index (χ0n) is 16.3. The summed E-state index contributed by atoms with van der Waals surface area (Å²) in [4.78, 5) is 6.83. The first-order chi connectivity index (χ1) is 14.1. The molecule has 1 aromatic heterocycles. The van der Waals surface area contributed by atoms with Gasteiger partial charge in [-0.05, 0) is 55.6 Å². The summed E-state index contributed by atoms with van der Waals surface area (Å²) >= 11 is 12.3. The maximum absolute atomic E-state index is 6.44. The smallest absolute Gasteiger partial charge is 0.141 e. The van der Waals surface area contributed by atoms with Crippen molar-refractivity contribution in [1.82, 2.24) is 20.1 Å². The molecule has 2 aromatic carbocycles. The number of hydrogen-bond acceptors (Lipinski definition) is 4. The summed E-state index contributed by atoms with van der Waals surface area (Å²) in [5.74, 6) is 0.869. The van der Waals surface area contributed by atoms with Gasteiger partial charge < -0.3 is 4.74 Å². The fraction of sp³-hybridized carbons (Fsp3) is 0.364. The van der Waals surface area contributed by atoms with E-state index < -0.39 is 0 Å². The number of H-pyrrole nitrogens is 1. The fourth-order valence-corrected chi connectivity index (χ4v) is 4.69. The molecule has 3 atom stereocenters. The van der Waals surface area contributed by atoms with Gasteiger partial charge >= 0.3 is 0 Å². The lowest BCUT2D eigenvalue weighted by atomic mass is 9.90. The fourth-order valence-electron chi connectivity index (χ4n) is 4.12. The third kappa shape index (κ3) is 4.81. The Morgan fingerprint density at radius 3 is 2.62 bits per heavy atom. The molecule has 0 spiro atoms. The van der Waals surface area contributed by atoms with E-state index in [0.717, 1.165) is 30.8 Å². The van der Waals surface area contributed by atoms with Crippen molar-refractivity contribution in [2.45, 2.75) is 44.6 Å². The van der Waals surface area contributed by atoms with Crippen LogP contribution in [0, 0.1) is 0 Å². The van der Waals surface area contributed by atoms with Crippen molar-refractivity contribution in [3.05, 3.63) is 81.9 Å². The van der Waals surface area contributed by atoms with Crippen LogP contribution in [0.5, 0.6) is 0 Å². The second kappa shape index (κ2) is 9.26. The quantitative estimate of drug-likeness (QED) is 0.553. The molecular formula is C22H24Cl2N4O. The average Bonchev–Trinajstić information content (AvgIpc) is 3.26. The molecule has 0 saturated carbocycles. The lowest BCUT2D eigenvalue weighted by molar-refractivity contribution is -0.0655. The van der Waals surface area contributed by atoms with Crippen LogP contribution in [0.4, 0.5) is 0 Å². The van der Waals surface area contributed by atoms with E-state index in [2.05, 4.69) is 51.3 Å². The summed E-state index contributed by atoms with van der Waals surface area (Å²) in [6.07, 6.45) is 3.66. The molecule has 0 amide bonds. The summed E-state index contributed by atoms with van der Waals surface area (Å²) in [7, 11) is 0. The Labute approximate surface area is 181 Å². The van der Waals surface area contributed by atoms with E-state index in [0.29, 0.717) is 16.7 Å². The Kier molecular flexibility index (Phi) is 6.50. The highest BCUT2D eigenvalue weighted by molar-refractivity contribution is 6.34. The van der Waals surface area contributed by atoms with Gasteiger partial charge in [-0.15, -0.1) is 0 Å². The third-order valence-electron chi connectivity index (χ3n) is 5.47. The third-order valence-corrected chi connectivity index (χ3v) is 5.91. The molecule has 0 bridgehead atoms. The number of nitrogens with zero attached hydrogens (tertiary/aromatic N) is 3. The van der Waals surface area contributed by atoms with Gasteiger partial charge in [0.2, 0.25) is 0 Å². The van der Waals surface area contributed by atoms with Crippen molar-refractivity contribution in [3.8, 4) is 0 Å². The van der Waals surface area contributed by atoms with Crippen LogP contribution in [0.1, 0.15) is 48.8 Å². The van der Waals surface area contributed by atoms with Crippen molar-refractivity contribution < 1.29 is 4.74 Å². The van der Waals surface area contributed by atoms with Crippen LogP contribution >= 0.6 is 23.2 Å². The lowest BCUT2D eigenvalue weighted by Crippen LogP contribution is -2.44.